The van der Waals surface area contributed by atoms with Crippen molar-refractivity contribution in [1.29, 1.82) is 0 Å². The van der Waals surface area contributed by atoms with Crippen LogP contribution >= 0.6 is 24.0 Å². The van der Waals surface area contributed by atoms with Gasteiger partial charge in [0.05, 0.1) is 21.3 Å². The topological polar surface area (TPSA) is 58.6 Å². The van der Waals surface area contributed by atoms with Crippen molar-refractivity contribution < 1.29 is 14.2 Å². The predicted octanol–water partition coefficient (Wildman–Crippen LogP) is 3.46. The molecule has 1 aromatic carbocycles. The molecule has 0 aromatic heterocycles. The molecule has 0 spiro atoms. The van der Waals surface area contributed by atoms with E-state index in [-0.39, 0.29) is 24.0 Å². The van der Waals surface area contributed by atoms with Crippen molar-refractivity contribution in [3.63, 3.8) is 0 Å². The molecule has 172 valence electrons. The summed E-state index contributed by atoms with van der Waals surface area (Å²) >= 11 is 0. The van der Waals surface area contributed by atoms with E-state index in [1.807, 2.05) is 19.2 Å². The molecule has 1 aromatic rings. The largest absolute Gasteiger partial charge is 0.493 e. The number of hydrogen-bond acceptors (Lipinski definition) is 5. The highest BCUT2D eigenvalue weighted by Gasteiger charge is 2.21. The molecule has 1 fully saturated rings. The SMILES string of the molecule is CCC(CC)CNC(=NC)N1CCN(Cc2cc(OC)c(OC)c(OC)c2)CC1.I. The van der Waals surface area contributed by atoms with Gasteiger partial charge in [-0.15, -0.1) is 24.0 Å². The van der Waals surface area contributed by atoms with Gasteiger partial charge in [-0.1, -0.05) is 26.7 Å². The van der Waals surface area contributed by atoms with Crippen LogP contribution in [0.2, 0.25) is 0 Å². The van der Waals surface area contributed by atoms with E-state index in [0.717, 1.165) is 50.8 Å². The highest BCUT2D eigenvalue weighted by atomic mass is 127. The van der Waals surface area contributed by atoms with Gasteiger partial charge in [0, 0.05) is 46.3 Å². The lowest BCUT2D eigenvalue weighted by Gasteiger charge is -2.37. The Kier molecular flexibility index (Phi) is 12.2. The van der Waals surface area contributed by atoms with Gasteiger partial charge in [-0.3, -0.25) is 9.89 Å². The van der Waals surface area contributed by atoms with E-state index in [2.05, 4.69) is 34.0 Å². The average Bonchev–Trinajstić information content (AvgIpc) is 2.77. The zero-order chi connectivity index (χ0) is 21.2. The van der Waals surface area contributed by atoms with E-state index < -0.39 is 0 Å². The van der Waals surface area contributed by atoms with Crippen LogP contribution in [-0.4, -0.2) is 76.9 Å². The number of benzene rings is 1. The van der Waals surface area contributed by atoms with Crippen molar-refractivity contribution in [2.75, 3.05) is 61.1 Å². The first-order valence-corrected chi connectivity index (χ1v) is 10.6. The Bertz CT molecular complexity index is 635. The fourth-order valence-electron chi connectivity index (χ4n) is 3.75. The Hall–Kier alpha value is -1.42. The number of nitrogens with zero attached hydrogens (tertiary/aromatic N) is 3. The number of rotatable bonds is 9. The molecule has 1 aliphatic rings. The molecule has 0 bridgehead atoms. The third kappa shape index (κ3) is 7.08. The van der Waals surface area contributed by atoms with Gasteiger partial charge >= 0.3 is 0 Å². The lowest BCUT2D eigenvalue weighted by atomic mass is 10.0. The summed E-state index contributed by atoms with van der Waals surface area (Å²) in [6, 6.07) is 4.06. The molecule has 2 rings (SSSR count). The van der Waals surface area contributed by atoms with Crippen LogP contribution in [0.15, 0.2) is 17.1 Å². The van der Waals surface area contributed by atoms with E-state index in [9.17, 15) is 0 Å². The smallest absolute Gasteiger partial charge is 0.203 e. The van der Waals surface area contributed by atoms with E-state index in [1.165, 1.54) is 12.8 Å². The maximum absolute atomic E-state index is 5.48. The van der Waals surface area contributed by atoms with E-state index in [0.29, 0.717) is 23.2 Å². The van der Waals surface area contributed by atoms with Crippen molar-refractivity contribution in [3.05, 3.63) is 17.7 Å². The lowest BCUT2D eigenvalue weighted by Crippen LogP contribution is -2.52. The molecule has 0 radical (unpaired) electrons. The quantitative estimate of drug-likeness (QED) is 0.298. The Morgan fingerprint density at radius 3 is 2.00 bits per heavy atom. The molecule has 0 unspecified atom stereocenters. The molecule has 7 nitrogen and oxygen atoms in total. The lowest BCUT2D eigenvalue weighted by molar-refractivity contribution is 0.172. The highest BCUT2D eigenvalue weighted by molar-refractivity contribution is 14.0. The highest BCUT2D eigenvalue weighted by Crippen LogP contribution is 2.38. The summed E-state index contributed by atoms with van der Waals surface area (Å²) in [4.78, 5) is 9.30. The third-order valence-electron chi connectivity index (χ3n) is 5.72. The number of nitrogens with one attached hydrogen (secondary N) is 1. The molecule has 30 heavy (non-hydrogen) atoms. The zero-order valence-corrected chi connectivity index (χ0v) is 21.7. The Balaban J connectivity index is 0.00000450. The summed E-state index contributed by atoms with van der Waals surface area (Å²) in [5, 5.41) is 3.56. The second kappa shape index (κ2) is 13.8. The Morgan fingerprint density at radius 1 is 1.00 bits per heavy atom. The van der Waals surface area contributed by atoms with E-state index in [1.54, 1.807) is 21.3 Å². The van der Waals surface area contributed by atoms with Gasteiger partial charge < -0.3 is 24.4 Å². The minimum Gasteiger partial charge on any atom is -0.493 e. The Labute approximate surface area is 199 Å². The standard InChI is InChI=1S/C22H38N4O3.HI/c1-7-17(8-2)15-24-22(23-3)26-11-9-25(10-12-26)16-18-13-19(27-4)21(29-6)20(14-18)28-5;/h13-14,17H,7-12,15-16H2,1-6H3,(H,23,24);1H. The summed E-state index contributed by atoms with van der Waals surface area (Å²) in [5.74, 6) is 3.76. The first kappa shape index (κ1) is 26.6. The average molecular weight is 534 g/mol. The number of aliphatic imine (C=N–C) groups is 1. The van der Waals surface area contributed by atoms with Crippen LogP contribution in [0.25, 0.3) is 0 Å². The normalized spacial score (nSPS) is 15.0. The molecule has 0 aliphatic carbocycles. The van der Waals surface area contributed by atoms with Gasteiger partial charge in [-0.05, 0) is 23.6 Å². The summed E-state index contributed by atoms with van der Waals surface area (Å²) in [6.07, 6.45) is 2.39. The minimum atomic E-state index is 0. The number of methoxy groups -OCH3 is 3. The first-order valence-electron chi connectivity index (χ1n) is 10.6. The van der Waals surface area contributed by atoms with Crippen LogP contribution in [-0.2, 0) is 6.54 Å². The molecular formula is C22H39IN4O3. The van der Waals surface area contributed by atoms with Crippen LogP contribution in [0.3, 0.4) is 0 Å². The maximum atomic E-state index is 5.48. The van der Waals surface area contributed by atoms with Crippen LogP contribution in [0, 0.1) is 5.92 Å². The summed E-state index contributed by atoms with van der Waals surface area (Å²) < 4.78 is 16.4. The summed E-state index contributed by atoms with van der Waals surface area (Å²) in [6.45, 7) is 10.3. The maximum Gasteiger partial charge on any atom is 0.203 e. The number of guanidine groups is 1. The fraction of sp³-hybridized carbons (Fsp3) is 0.682. The van der Waals surface area contributed by atoms with Gasteiger partial charge in [-0.25, -0.2) is 0 Å². The number of piperazine rings is 1. The molecule has 8 heteroatoms. The predicted molar refractivity (Wildman–Crippen MR) is 134 cm³/mol. The Morgan fingerprint density at radius 2 is 1.57 bits per heavy atom. The van der Waals surface area contributed by atoms with Crippen molar-refractivity contribution in [1.82, 2.24) is 15.1 Å². The van der Waals surface area contributed by atoms with Crippen molar-refractivity contribution in [3.8, 4) is 17.2 Å². The number of hydrogen-bond donors (Lipinski definition) is 1. The number of ether oxygens (including phenoxy) is 3. The van der Waals surface area contributed by atoms with Gasteiger partial charge in [-0.2, -0.15) is 0 Å². The third-order valence-corrected chi connectivity index (χ3v) is 5.72. The van der Waals surface area contributed by atoms with Crippen molar-refractivity contribution >= 4 is 29.9 Å². The monoisotopic (exact) mass is 534 g/mol. The first-order chi connectivity index (χ1) is 14.1. The molecule has 1 aliphatic heterocycles. The minimum absolute atomic E-state index is 0. The molecule has 1 saturated heterocycles. The van der Waals surface area contributed by atoms with Gasteiger partial charge in [0.2, 0.25) is 5.75 Å². The van der Waals surface area contributed by atoms with Gasteiger partial charge in [0.1, 0.15) is 0 Å². The van der Waals surface area contributed by atoms with Gasteiger partial charge in [0.15, 0.2) is 17.5 Å². The summed E-state index contributed by atoms with van der Waals surface area (Å²) in [5.41, 5.74) is 1.16. The van der Waals surface area contributed by atoms with Gasteiger partial charge in [0.25, 0.3) is 0 Å². The number of halogens is 1. The van der Waals surface area contributed by atoms with Crippen LogP contribution in [0.4, 0.5) is 0 Å². The zero-order valence-electron chi connectivity index (χ0n) is 19.4. The van der Waals surface area contributed by atoms with Crippen molar-refractivity contribution in [2.45, 2.75) is 33.2 Å². The molecule has 0 atom stereocenters. The van der Waals surface area contributed by atoms with Crippen LogP contribution in [0.1, 0.15) is 32.3 Å². The van der Waals surface area contributed by atoms with Crippen LogP contribution < -0.4 is 19.5 Å². The summed E-state index contributed by atoms with van der Waals surface area (Å²) in [7, 11) is 6.81. The molecule has 0 amide bonds. The van der Waals surface area contributed by atoms with Crippen LogP contribution in [0.5, 0.6) is 17.2 Å². The van der Waals surface area contributed by atoms with Crippen molar-refractivity contribution in [2.24, 2.45) is 10.9 Å². The second-order valence-corrected chi connectivity index (χ2v) is 7.41. The molecule has 1 heterocycles. The fourth-order valence-corrected chi connectivity index (χ4v) is 3.75. The molecule has 0 saturated carbocycles. The molecule has 1 N–H and O–H groups in total. The van der Waals surface area contributed by atoms with E-state index in [4.69, 9.17) is 14.2 Å². The second-order valence-electron chi connectivity index (χ2n) is 7.41. The molecular weight excluding hydrogens is 495 g/mol. The van der Waals surface area contributed by atoms with E-state index >= 15 is 0 Å².